The fourth-order valence-electron chi connectivity index (χ4n) is 2.22. The van der Waals surface area contributed by atoms with Crippen LogP contribution in [0.15, 0.2) is 18.2 Å². The zero-order valence-electron chi connectivity index (χ0n) is 8.88. The summed E-state index contributed by atoms with van der Waals surface area (Å²) in [7, 11) is 0. The van der Waals surface area contributed by atoms with Crippen LogP contribution in [0, 0.1) is 0 Å². The number of aryl methyl sites for hydroxylation is 2. The first-order valence-corrected chi connectivity index (χ1v) is 6.11. The summed E-state index contributed by atoms with van der Waals surface area (Å²) in [4.78, 5) is 0. The van der Waals surface area contributed by atoms with Crippen molar-refractivity contribution in [1.29, 1.82) is 0 Å². The Morgan fingerprint density at radius 1 is 1.27 bits per heavy atom. The molecular weight excluding hydrogens is 208 g/mol. The quantitative estimate of drug-likeness (QED) is 0.779. The average Bonchev–Trinajstić information content (AvgIpc) is 2.72. The Kier molecular flexibility index (Phi) is 3.66. The molecule has 1 atom stereocenters. The number of fused-ring (bicyclic) bond motifs is 1. The number of rotatable bonds is 4. The van der Waals surface area contributed by atoms with Crippen molar-refractivity contribution >= 4 is 11.6 Å². The zero-order chi connectivity index (χ0) is 10.7. The standard InChI is InChI=1S/C13H17ClO/c14-13(5-2-8-15)12-7-6-10-3-1-4-11(10)9-12/h6-7,9,13,15H,1-5,8H2. The molecule has 1 aromatic carbocycles. The van der Waals surface area contributed by atoms with E-state index in [1.807, 2.05) is 0 Å². The molecule has 0 radical (unpaired) electrons. The van der Waals surface area contributed by atoms with Gasteiger partial charge in [-0.1, -0.05) is 18.2 Å². The van der Waals surface area contributed by atoms with Gasteiger partial charge in [-0.15, -0.1) is 11.6 Å². The molecule has 1 unspecified atom stereocenters. The lowest BCUT2D eigenvalue weighted by Gasteiger charge is -2.10. The van der Waals surface area contributed by atoms with Crippen molar-refractivity contribution in [2.24, 2.45) is 0 Å². The first-order chi connectivity index (χ1) is 7.31. The molecule has 0 saturated heterocycles. The van der Waals surface area contributed by atoms with E-state index in [2.05, 4.69) is 18.2 Å². The van der Waals surface area contributed by atoms with Crippen molar-refractivity contribution in [3.8, 4) is 0 Å². The number of hydrogen-bond acceptors (Lipinski definition) is 1. The molecule has 2 rings (SSSR count). The normalized spacial score (nSPS) is 16.4. The zero-order valence-corrected chi connectivity index (χ0v) is 9.63. The summed E-state index contributed by atoms with van der Waals surface area (Å²) in [5.74, 6) is 0. The maximum Gasteiger partial charge on any atom is 0.0586 e. The molecule has 1 nitrogen and oxygen atoms in total. The van der Waals surface area contributed by atoms with Gasteiger partial charge in [0.05, 0.1) is 5.38 Å². The maximum atomic E-state index is 8.76. The van der Waals surface area contributed by atoms with E-state index in [9.17, 15) is 0 Å². The molecule has 1 N–H and O–H groups in total. The Morgan fingerprint density at radius 2 is 2.07 bits per heavy atom. The molecule has 15 heavy (non-hydrogen) atoms. The van der Waals surface area contributed by atoms with E-state index < -0.39 is 0 Å². The van der Waals surface area contributed by atoms with Crippen LogP contribution in [-0.4, -0.2) is 11.7 Å². The molecule has 1 aromatic rings. The van der Waals surface area contributed by atoms with Gasteiger partial charge in [0, 0.05) is 6.61 Å². The van der Waals surface area contributed by atoms with E-state index >= 15 is 0 Å². The first-order valence-electron chi connectivity index (χ1n) is 5.68. The van der Waals surface area contributed by atoms with Crippen LogP contribution in [0.5, 0.6) is 0 Å². The number of aliphatic hydroxyl groups excluding tert-OH is 1. The lowest BCUT2D eigenvalue weighted by molar-refractivity contribution is 0.284. The molecule has 0 fully saturated rings. The van der Waals surface area contributed by atoms with Crippen LogP contribution in [0.4, 0.5) is 0 Å². The summed E-state index contributed by atoms with van der Waals surface area (Å²) in [5.41, 5.74) is 4.18. The van der Waals surface area contributed by atoms with Crippen LogP contribution in [0.25, 0.3) is 0 Å². The summed E-state index contributed by atoms with van der Waals surface area (Å²) in [5, 5.41) is 8.82. The summed E-state index contributed by atoms with van der Waals surface area (Å²) < 4.78 is 0. The monoisotopic (exact) mass is 224 g/mol. The van der Waals surface area contributed by atoms with Crippen molar-refractivity contribution in [3.63, 3.8) is 0 Å². The van der Waals surface area contributed by atoms with Gasteiger partial charge in [-0.3, -0.25) is 0 Å². The number of benzene rings is 1. The lowest BCUT2D eigenvalue weighted by atomic mass is 10.0. The lowest BCUT2D eigenvalue weighted by Crippen LogP contribution is -1.95. The number of aliphatic hydroxyl groups is 1. The van der Waals surface area contributed by atoms with Crippen LogP contribution >= 0.6 is 11.6 Å². The highest BCUT2D eigenvalue weighted by atomic mass is 35.5. The van der Waals surface area contributed by atoms with E-state index in [1.54, 1.807) is 0 Å². The molecule has 0 bridgehead atoms. The van der Waals surface area contributed by atoms with Gasteiger partial charge in [-0.2, -0.15) is 0 Å². The average molecular weight is 225 g/mol. The van der Waals surface area contributed by atoms with E-state index in [-0.39, 0.29) is 12.0 Å². The number of halogens is 1. The summed E-state index contributed by atoms with van der Waals surface area (Å²) >= 11 is 6.28. The molecular formula is C13H17ClO. The SMILES string of the molecule is OCCCC(Cl)c1ccc2c(c1)CCC2. The van der Waals surface area contributed by atoms with Crippen LogP contribution in [0.3, 0.4) is 0 Å². The minimum Gasteiger partial charge on any atom is -0.396 e. The van der Waals surface area contributed by atoms with Gasteiger partial charge in [0.25, 0.3) is 0 Å². The molecule has 0 heterocycles. The Hall–Kier alpha value is -0.530. The molecule has 2 heteroatoms. The molecule has 1 aliphatic carbocycles. The minimum atomic E-state index is 0.0584. The minimum absolute atomic E-state index is 0.0584. The van der Waals surface area contributed by atoms with Gasteiger partial charge in [-0.25, -0.2) is 0 Å². The highest BCUT2D eigenvalue weighted by Crippen LogP contribution is 2.30. The second-order valence-corrected chi connectivity index (χ2v) is 4.74. The van der Waals surface area contributed by atoms with E-state index in [0.29, 0.717) is 0 Å². The first kappa shape index (κ1) is 11.0. The third-order valence-electron chi connectivity index (χ3n) is 3.10. The second-order valence-electron chi connectivity index (χ2n) is 4.22. The predicted molar refractivity (Wildman–Crippen MR) is 63.4 cm³/mol. The molecule has 0 aromatic heterocycles. The fourth-order valence-corrected chi connectivity index (χ4v) is 2.51. The Balaban J connectivity index is 2.08. The number of alkyl halides is 1. The van der Waals surface area contributed by atoms with Gasteiger partial charge in [-0.05, 0) is 48.8 Å². The smallest absolute Gasteiger partial charge is 0.0586 e. The number of hydrogen-bond donors (Lipinski definition) is 1. The predicted octanol–water partition coefficient (Wildman–Crippen LogP) is 3.23. The molecule has 0 saturated carbocycles. The van der Waals surface area contributed by atoms with Crippen LogP contribution in [0.1, 0.15) is 41.3 Å². The molecule has 1 aliphatic rings. The molecule has 0 amide bonds. The summed E-state index contributed by atoms with van der Waals surface area (Å²) in [6.07, 6.45) is 5.34. The largest absolute Gasteiger partial charge is 0.396 e. The van der Waals surface area contributed by atoms with Crippen LogP contribution in [-0.2, 0) is 12.8 Å². The van der Waals surface area contributed by atoms with Crippen LogP contribution in [0.2, 0.25) is 0 Å². The molecule has 82 valence electrons. The molecule has 0 spiro atoms. The summed E-state index contributed by atoms with van der Waals surface area (Å²) in [6, 6.07) is 6.60. The van der Waals surface area contributed by atoms with Crippen molar-refractivity contribution in [2.75, 3.05) is 6.61 Å². The van der Waals surface area contributed by atoms with Crippen molar-refractivity contribution < 1.29 is 5.11 Å². The summed E-state index contributed by atoms with van der Waals surface area (Å²) in [6.45, 7) is 0.230. The second kappa shape index (κ2) is 5.00. The van der Waals surface area contributed by atoms with Gasteiger partial charge in [0.1, 0.15) is 0 Å². The van der Waals surface area contributed by atoms with Crippen LogP contribution < -0.4 is 0 Å². The fraction of sp³-hybridized carbons (Fsp3) is 0.538. The van der Waals surface area contributed by atoms with E-state index in [0.717, 1.165) is 12.8 Å². The van der Waals surface area contributed by atoms with E-state index in [4.69, 9.17) is 16.7 Å². The van der Waals surface area contributed by atoms with Crippen molar-refractivity contribution in [2.45, 2.75) is 37.5 Å². The third-order valence-corrected chi connectivity index (χ3v) is 3.57. The van der Waals surface area contributed by atoms with Crippen molar-refractivity contribution in [1.82, 2.24) is 0 Å². The third kappa shape index (κ3) is 2.53. The highest BCUT2D eigenvalue weighted by molar-refractivity contribution is 6.20. The van der Waals surface area contributed by atoms with Crippen molar-refractivity contribution in [3.05, 3.63) is 34.9 Å². The Labute approximate surface area is 96.1 Å². The Morgan fingerprint density at radius 3 is 2.87 bits per heavy atom. The highest BCUT2D eigenvalue weighted by Gasteiger charge is 2.14. The topological polar surface area (TPSA) is 20.2 Å². The Bertz CT molecular complexity index is 335. The maximum absolute atomic E-state index is 8.76. The van der Waals surface area contributed by atoms with E-state index in [1.165, 1.54) is 36.0 Å². The van der Waals surface area contributed by atoms with Gasteiger partial charge < -0.3 is 5.11 Å². The van der Waals surface area contributed by atoms with Gasteiger partial charge in [0.15, 0.2) is 0 Å². The van der Waals surface area contributed by atoms with Gasteiger partial charge in [0.2, 0.25) is 0 Å². The van der Waals surface area contributed by atoms with Gasteiger partial charge >= 0.3 is 0 Å². The molecule has 0 aliphatic heterocycles.